The lowest BCUT2D eigenvalue weighted by Crippen LogP contribution is -2.44. The van der Waals surface area contributed by atoms with Crippen molar-refractivity contribution in [3.63, 3.8) is 0 Å². The van der Waals surface area contributed by atoms with E-state index in [2.05, 4.69) is 11.9 Å². The summed E-state index contributed by atoms with van der Waals surface area (Å²) in [7, 11) is -1.31. The second-order valence-electron chi connectivity index (χ2n) is 4.32. The zero-order valence-electron chi connectivity index (χ0n) is 12.3. The van der Waals surface area contributed by atoms with E-state index < -0.39 is 28.7 Å². The summed E-state index contributed by atoms with van der Waals surface area (Å²) in [6.45, 7) is 5.22. The second-order valence-corrected chi connectivity index (χ2v) is 6.03. The third kappa shape index (κ3) is 5.09. The van der Waals surface area contributed by atoms with Crippen molar-refractivity contribution in [3.05, 3.63) is 42.5 Å². The summed E-state index contributed by atoms with van der Waals surface area (Å²) in [5.41, 5.74) is 0.206. The first kappa shape index (κ1) is 18.1. The van der Waals surface area contributed by atoms with Gasteiger partial charge in [-0.2, -0.15) is 0 Å². The number of carbonyl (C=O) groups excluding carboxylic acids is 1. The molecule has 0 aliphatic heterocycles. The molecule has 0 saturated heterocycles. The molecule has 0 heterocycles. The molecule has 0 aromatic heterocycles. The van der Waals surface area contributed by atoms with E-state index in [0.717, 1.165) is 0 Å². The molecule has 1 rings (SSSR count). The molecule has 0 saturated carbocycles. The number of hydrogen-bond acceptors (Lipinski definition) is 4. The van der Waals surface area contributed by atoms with Crippen LogP contribution in [0.5, 0.6) is 0 Å². The van der Waals surface area contributed by atoms with Gasteiger partial charge < -0.3 is 15.2 Å². The highest BCUT2D eigenvalue weighted by molar-refractivity contribution is 7.85. The summed E-state index contributed by atoms with van der Waals surface area (Å²) < 4.78 is 17.0. The SMILES string of the molecule is C=CCOCC(NC(=O)c1ccccc1S(=O)CC)C(=O)O. The van der Waals surface area contributed by atoms with Crippen LogP contribution in [0.25, 0.3) is 0 Å². The van der Waals surface area contributed by atoms with Gasteiger partial charge in [-0.15, -0.1) is 6.58 Å². The van der Waals surface area contributed by atoms with Gasteiger partial charge in [0.05, 0.1) is 34.5 Å². The third-order valence-corrected chi connectivity index (χ3v) is 4.13. The van der Waals surface area contributed by atoms with Crippen LogP contribution in [0.1, 0.15) is 17.3 Å². The van der Waals surface area contributed by atoms with Gasteiger partial charge in [-0.25, -0.2) is 4.79 Å². The minimum absolute atomic E-state index is 0.174. The molecule has 1 amide bonds. The minimum Gasteiger partial charge on any atom is -0.480 e. The van der Waals surface area contributed by atoms with E-state index in [9.17, 15) is 13.8 Å². The molecule has 2 atom stereocenters. The molecule has 0 spiro atoms. The summed E-state index contributed by atoms with van der Waals surface area (Å²) in [4.78, 5) is 23.8. The van der Waals surface area contributed by atoms with E-state index in [0.29, 0.717) is 10.6 Å². The number of aliphatic carboxylic acids is 1. The lowest BCUT2D eigenvalue weighted by molar-refractivity contribution is -0.140. The summed E-state index contributed by atoms with van der Waals surface area (Å²) in [6, 6.07) is 5.24. The Labute approximate surface area is 131 Å². The van der Waals surface area contributed by atoms with E-state index in [1.165, 1.54) is 12.1 Å². The molecular weight excluding hydrogens is 306 g/mol. The van der Waals surface area contributed by atoms with Crippen LogP contribution in [0.3, 0.4) is 0 Å². The van der Waals surface area contributed by atoms with Crippen LogP contribution >= 0.6 is 0 Å². The quantitative estimate of drug-likeness (QED) is 0.526. The molecule has 0 fully saturated rings. The van der Waals surface area contributed by atoms with Gasteiger partial charge in [0.1, 0.15) is 0 Å². The lowest BCUT2D eigenvalue weighted by Gasteiger charge is -2.15. The van der Waals surface area contributed by atoms with Crippen LogP contribution < -0.4 is 5.32 Å². The van der Waals surface area contributed by atoms with Gasteiger partial charge in [-0.05, 0) is 12.1 Å². The summed E-state index contributed by atoms with van der Waals surface area (Å²) in [5.74, 6) is -1.42. The number of carboxylic acid groups (broad SMARTS) is 1. The van der Waals surface area contributed by atoms with E-state index in [4.69, 9.17) is 9.84 Å². The van der Waals surface area contributed by atoms with Crippen molar-refractivity contribution >= 4 is 22.7 Å². The lowest BCUT2D eigenvalue weighted by atomic mass is 10.2. The summed E-state index contributed by atoms with van der Waals surface area (Å²) in [5, 5.41) is 11.5. The van der Waals surface area contributed by atoms with Gasteiger partial charge in [0, 0.05) is 5.75 Å². The van der Waals surface area contributed by atoms with Crippen molar-refractivity contribution in [1.29, 1.82) is 0 Å². The Morgan fingerprint density at radius 2 is 2.14 bits per heavy atom. The molecule has 2 N–H and O–H groups in total. The van der Waals surface area contributed by atoms with Crippen molar-refractivity contribution in [3.8, 4) is 0 Å². The summed E-state index contributed by atoms with van der Waals surface area (Å²) in [6.07, 6.45) is 1.49. The standard InChI is InChI=1S/C15H19NO5S/c1-3-9-21-10-12(15(18)19)16-14(17)11-7-5-6-8-13(11)22(20)4-2/h3,5-8,12H,1,4,9-10H2,2H3,(H,16,17)(H,18,19). The fourth-order valence-electron chi connectivity index (χ4n) is 1.69. The number of carboxylic acids is 1. The highest BCUT2D eigenvalue weighted by Gasteiger charge is 2.23. The first-order chi connectivity index (χ1) is 10.5. The monoisotopic (exact) mass is 325 g/mol. The molecule has 6 nitrogen and oxygen atoms in total. The van der Waals surface area contributed by atoms with Gasteiger partial charge in [0.15, 0.2) is 6.04 Å². The van der Waals surface area contributed by atoms with E-state index in [1.54, 1.807) is 25.1 Å². The van der Waals surface area contributed by atoms with E-state index in [-0.39, 0.29) is 18.8 Å². The van der Waals surface area contributed by atoms with Crippen LogP contribution in [-0.2, 0) is 20.3 Å². The predicted octanol–water partition coefficient (Wildman–Crippen LogP) is 1.20. The van der Waals surface area contributed by atoms with Gasteiger partial charge in [0.25, 0.3) is 5.91 Å². The number of rotatable bonds is 9. The first-order valence-electron chi connectivity index (χ1n) is 6.71. The Hall–Kier alpha value is -1.99. The molecule has 1 aromatic rings. The fraction of sp³-hybridized carbons (Fsp3) is 0.333. The Kier molecular flexibility index (Phi) is 7.48. The molecule has 0 bridgehead atoms. The maximum atomic E-state index is 12.2. The number of hydrogen-bond donors (Lipinski definition) is 2. The zero-order valence-corrected chi connectivity index (χ0v) is 13.1. The van der Waals surface area contributed by atoms with Crippen molar-refractivity contribution < 1.29 is 23.6 Å². The number of ether oxygens (including phenoxy) is 1. The predicted molar refractivity (Wildman–Crippen MR) is 83.3 cm³/mol. The van der Waals surface area contributed by atoms with E-state index in [1.807, 2.05) is 0 Å². The number of carbonyl (C=O) groups is 2. The fourth-order valence-corrected chi connectivity index (χ4v) is 2.64. The maximum absolute atomic E-state index is 12.2. The second kappa shape index (κ2) is 9.11. The van der Waals surface area contributed by atoms with Gasteiger partial charge >= 0.3 is 5.97 Å². The van der Waals surface area contributed by atoms with Crippen molar-refractivity contribution in [2.24, 2.45) is 0 Å². The number of nitrogens with one attached hydrogen (secondary N) is 1. The van der Waals surface area contributed by atoms with Crippen molar-refractivity contribution in [2.75, 3.05) is 19.0 Å². The van der Waals surface area contributed by atoms with Gasteiger partial charge in [-0.3, -0.25) is 9.00 Å². The maximum Gasteiger partial charge on any atom is 0.328 e. The first-order valence-corrected chi connectivity index (χ1v) is 8.02. The Morgan fingerprint density at radius 1 is 1.45 bits per heavy atom. The van der Waals surface area contributed by atoms with Crippen LogP contribution in [-0.4, -0.2) is 46.2 Å². The highest BCUT2D eigenvalue weighted by atomic mass is 32.2. The van der Waals surface area contributed by atoms with Gasteiger partial charge in [0.2, 0.25) is 0 Å². The molecule has 0 aliphatic carbocycles. The molecule has 2 unspecified atom stereocenters. The van der Waals surface area contributed by atoms with E-state index >= 15 is 0 Å². The van der Waals surface area contributed by atoms with Crippen LogP contribution in [0.4, 0.5) is 0 Å². The normalized spacial score (nSPS) is 13.1. The third-order valence-electron chi connectivity index (χ3n) is 2.76. The zero-order chi connectivity index (χ0) is 16.5. The van der Waals surface area contributed by atoms with Crippen LogP contribution in [0, 0.1) is 0 Å². The van der Waals surface area contributed by atoms with Crippen LogP contribution in [0.15, 0.2) is 41.8 Å². The molecule has 1 aromatic carbocycles. The largest absolute Gasteiger partial charge is 0.480 e. The molecule has 7 heteroatoms. The summed E-state index contributed by atoms with van der Waals surface area (Å²) >= 11 is 0. The number of amides is 1. The minimum atomic E-state index is -1.31. The Balaban J connectivity index is 2.88. The molecule has 0 aliphatic rings. The molecule has 120 valence electrons. The average Bonchev–Trinajstić information content (AvgIpc) is 2.53. The smallest absolute Gasteiger partial charge is 0.328 e. The Morgan fingerprint density at radius 3 is 2.73 bits per heavy atom. The van der Waals surface area contributed by atoms with Gasteiger partial charge in [-0.1, -0.05) is 25.1 Å². The molecule has 22 heavy (non-hydrogen) atoms. The highest BCUT2D eigenvalue weighted by Crippen LogP contribution is 2.14. The van der Waals surface area contributed by atoms with Crippen LogP contribution in [0.2, 0.25) is 0 Å². The topological polar surface area (TPSA) is 92.7 Å². The Bertz CT molecular complexity index is 573. The number of benzene rings is 1. The van der Waals surface area contributed by atoms with Crippen molar-refractivity contribution in [2.45, 2.75) is 17.9 Å². The van der Waals surface area contributed by atoms with Crippen molar-refractivity contribution in [1.82, 2.24) is 5.32 Å². The molecular formula is C15H19NO5S. The molecule has 0 radical (unpaired) electrons. The average molecular weight is 325 g/mol.